The minimum absolute atomic E-state index is 0.259. The molecule has 0 spiro atoms. The third-order valence-electron chi connectivity index (χ3n) is 4.58. The number of carbonyl (C=O) groups is 2. The van der Waals surface area contributed by atoms with Crippen LogP contribution in [-0.4, -0.2) is 39.0 Å². The summed E-state index contributed by atoms with van der Waals surface area (Å²) in [5, 5.41) is 10.5. The smallest absolute Gasteiger partial charge is 0.326 e. The van der Waals surface area contributed by atoms with Crippen LogP contribution in [0.4, 0.5) is 0 Å². The Morgan fingerprint density at radius 1 is 1.38 bits per heavy atom. The van der Waals surface area contributed by atoms with E-state index < -0.39 is 18.1 Å². The summed E-state index contributed by atoms with van der Waals surface area (Å²) < 4.78 is 0. The van der Waals surface area contributed by atoms with Crippen molar-refractivity contribution in [1.82, 2.24) is 9.88 Å². The van der Waals surface area contributed by atoms with E-state index in [2.05, 4.69) is 4.98 Å². The Kier molecular flexibility index (Phi) is 2.41. The van der Waals surface area contributed by atoms with Crippen molar-refractivity contribution < 1.29 is 14.7 Å². The first-order chi connectivity index (χ1) is 10.1. The van der Waals surface area contributed by atoms with Crippen molar-refractivity contribution in [3.05, 3.63) is 35.5 Å². The lowest BCUT2D eigenvalue weighted by atomic mass is 9.92. The van der Waals surface area contributed by atoms with Gasteiger partial charge in [0.25, 0.3) is 0 Å². The van der Waals surface area contributed by atoms with Gasteiger partial charge in [-0.2, -0.15) is 0 Å². The summed E-state index contributed by atoms with van der Waals surface area (Å²) in [5.74, 6) is -1.24. The maximum atomic E-state index is 12.2. The van der Waals surface area contributed by atoms with Crippen LogP contribution >= 0.6 is 0 Å². The van der Waals surface area contributed by atoms with Crippen molar-refractivity contribution in [3.63, 3.8) is 0 Å². The lowest BCUT2D eigenvalue weighted by molar-refractivity contribution is -0.150. The van der Waals surface area contributed by atoms with E-state index >= 15 is 0 Å². The fraction of sp³-hybridized carbons (Fsp3) is 0.333. The van der Waals surface area contributed by atoms with Crippen LogP contribution in [0.2, 0.25) is 0 Å². The number of rotatable bonds is 1. The van der Waals surface area contributed by atoms with Gasteiger partial charge in [-0.25, -0.2) is 4.79 Å². The minimum atomic E-state index is -0.974. The largest absolute Gasteiger partial charge is 0.480 e. The first kappa shape index (κ1) is 12.4. The van der Waals surface area contributed by atoms with Gasteiger partial charge in [0.15, 0.2) is 0 Å². The molecule has 0 radical (unpaired) electrons. The van der Waals surface area contributed by atoms with Crippen LogP contribution in [0.1, 0.15) is 23.7 Å². The van der Waals surface area contributed by atoms with Crippen LogP contribution in [0.5, 0.6) is 0 Å². The Labute approximate surface area is 120 Å². The van der Waals surface area contributed by atoms with Crippen LogP contribution in [0, 0.1) is 0 Å². The molecule has 6 heteroatoms. The van der Waals surface area contributed by atoms with Crippen LogP contribution in [0.15, 0.2) is 24.3 Å². The van der Waals surface area contributed by atoms with Gasteiger partial charge in [0.05, 0.1) is 12.1 Å². The highest BCUT2D eigenvalue weighted by atomic mass is 16.4. The molecule has 3 atom stereocenters. The summed E-state index contributed by atoms with van der Waals surface area (Å²) in [6, 6.07) is 6.11. The highest BCUT2D eigenvalue weighted by molar-refractivity contribution is 5.93. The summed E-state index contributed by atoms with van der Waals surface area (Å²) in [6.07, 6.45) is 0.784. The number of nitrogens with two attached hydrogens (primary N) is 1. The predicted octanol–water partition coefficient (Wildman–Crippen LogP) is 0.778. The Bertz CT molecular complexity index is 767. The first-order valence-electron chi connectivity index (χ1n) is 6.98. The summed E-state index contributed by atoms with van der Waals surface area (Å²) in [7, 11) is 0. The van der Waals surface area contributed by atoms with E-state index in [4.69, 9.17) is 5.73 Å². The molecular formula is C15H15N3O3. The number of aliphatic carboxylic acids is 1. The second-order valence-corrected chi connectivity index (χ2v) is 5.72. The van der Waals surface area contributed by atoms with E-state index in [0.29, 0.717) is 12.8 Å². The van der Waals surface area contributed by atoms with E-state index in [0.717, 1.165) is 22.2 Å². The second-order valence-electron chi connectivity index (χ2n) is 5.72. The highest BCUT2D eigenvalue weighted by Crippen LogP contribution is 2.42. The number of benzene rings is 1. The number of nitrogens with one attached hydrogen (secondary N) is 1. The van der Waals surface area contributed by atoms with Gasteiger partial charge in [0, 0.05) is 23.0 Å². The number of H-pyrrole nitrogens is 1. The monoisotopic (exact) mass is 285 g/mol. The Morgan fingerprint density at radius 2 is 2.14 bits per heavy atom. The van der Waals surface area contributed by atoms with Crippen molar-refractivity contribution in [2.75, 3.05) is 0 Å². The Morgan fingerprint density at radius 3 is 2.90 bits per heavy atom. The van der Waals surface area contributed by atoms with Crippen molar-refractivity contribution in [2.24, 2.45) is 5.73 Å². The van der Waals surface area contributed by atoms with Crippen molar-refractivity contribution in [1.29, 1.82) is 0 Å². The summed E-state index contributed by atoms with van der Waals surface area (Å²) in [5.41, 5.74) is 8.77. The number of fused-ring (bicyclic) bond motifs is 5. The first-order valence-corrected chi connectivity index (χ1v) is 6.98. The molecule has 6 nitrogen and oxygen atoms in total. The molecule has 1 amide bonds. The molecule has 0 bridgehead atoms. The van der Waals surface area contributed by atoms with Crippen molar-refractivity contribution in [3.8, 4) is 0 Å². The van der Waals surface area contributed by atoms with Gasteiger partial charge >= 0.3 is 5.97 Å². The molecule has 108 valence electrons. The highest BCUT2D eigenvalue weighted by Gasteiger charge is 2.49. The molecule has 4 N–H and O–H groups in total. The lowest BCUT2D eigenvalue weighted by Crippen LogP contribution is -2.49. The zero-order valence-corrected chi connectivity index (χ0v) is 11.2. The normalized spacial score (nSPS) is 27.8. The van der Waals surface area contributed by atoms with Crippen LogP contribution in [0.25, 0.3) is 10.9 Å². The van der Waals surface area contributed by atoms with Gasteiger partial charge in [0.1, 0.15) is 6.04 Å². The molecule has 21 heavy (non-hydrogen) atoms. The molecule has 1 saturated heterocycles. The molecule has 3 unspecified atom stereocenters. The fourth-order valence-corrected chi connectivity index (χ4v) is 3.65. The van der Waals surface area contributed by atoms with Crippen LogP contribution in [0.3, 0.4) is 0 Å². The Balaban J connectivity index is 1.94. The SMILES string of the molecule is NC1CC2c3[nH]c4ccccc4c3CC(C(=O)O)N2C1=O. The number of nitrogens with zero attached hydrogens (tertiary/aromatic N) is 1. The maximum absolute atomic E-state index is 12.2. The van der Waals surface area contributed by atoms with Gasteiger partial charge in [-0.1, -0.05) is 18.2 Å². The number of hydrogen-bond donors (Lipinski definition) is 3. The van der Waals surface area contributed by atoms with E-state index in [1.165, 1.54) is 4.90 Å². The molecule has 4 rings (SSSR count). The second kappa shape index (κ2) is 4.08. The summed E-state index contributed by atoms with van der Waals surface area (Å²) >= 11 is 0. The van der Waals surface area contributed by atoms with Crippen LogP contribution < -0.4 is 5.73 Å². The number of carboxylic acids is 1. The predicted molar refractivity (Wildman–Crippen MR) is 75.6 cm³/mol. The van der Waals surface area contributed by atoms with E-state index in [9.17, 15) is 14.7 Å². The van der Waals surface area contributed by atoms with E-state index in [-0.39, 0.29) is 11.9 Å². The molecule has 2 aliphatic rings. The van der Waals surface area contributed by atoms with Gasteiger partial charge in [-0.3, -0.25) is 4.79 Å². The lowest BCUT2D eigenvalue weighted by Gasteiger charge is -2.35. The Hall–Kier alpha value is -2.34. The number of carbonyl (C=O) groups excluding carboxylic acids is 1. The van der Waals surface area contributed by atoms with Gasteiger partial charge in [-0.15, -0.1) is 0 Å². The number of para-hydroxylation sites is 1. The number of aromatic amines is 1. The number of aromatic nitrogens is 1. The standard InChI is InChI=1S/C15H15N3O3/c16-9-6-11-13-8(7-3-1-2-4-10(7)17-13)5-12(15(20)21)18(11)14(9)19/h1-4,9,11-12,17H,5-6,16H2,(H,20,21). The minimum Gasteiger partial charge on any atom is -0.480 e. The summed E-state index contributed by atoms with van der Waals surface area (Å²) in [4.78, 5) is 28.6. The van der Waals surface area contributed by atoms with Gasteiger partial charge in [-0.05, 0) is 18.1 Å². The van der Waals surface area contributed by atoms with Crippen molar-refractivity contribution >= 4 is 22.8 Å². The average Bonchev–Trinajstić information content (AvgIpc) is 2.97. The number of hydrogen-bond acceptors (Lipinski definition) is 3. The molecule has 2 aliphatic heterocycles. The zero-order valence-electron chi connectivity index (χ0n) is 11.2. The molecule has 1 aromatic carbocycles. The van der Waals surface area contributed by atoms with Gasteiger partial charge in [0.2, 0.25) is 5.91 Å². The van der Waals surface area contributed by atoms with E-state index in [1.54, 1.807) is 0 Å². The quantitative estimate of drug-likeness (QED) is 0.721. The fourth-order valence-electron chi connectivity index (χ4n) is 3.65. The molecular weight excluding hydrogens is 270 g/mol. The molecule has 0 aliphatic carbocycles. The number of carboxylic acid groups (broad SMARTS) is 1. The van der Waals surface area contributed by atoms with E-state index in [1.807, 2.05) is 24.3 Å². The maximum Gasteiger partial charge on any atom is 0.326 e. The molecule has 1 fully saturated rings. The number of amides is 1. The molecule has 2 aromatic rings. The molecule has 1 aromatic heterocycles. The molecule has 3 heterocycles. The molecule has 0 saturated carbocycles. The van der Waals surface area contributed by atoms with Crippen LogP contribution in [-0.2, 0) is 16.0 Å². The summed E-state index contributed by atoms with van der Waals surface area (Å²) in [6.45, 7) is 0. The third kappa shape index (κ3) is 1.56. The third-order valence-corrected chi connectivity index (χ3v) is 4.58. The van der Waals surface area contributed by atoms with Crippen molar-refractivity contribution in [2.45, 2.75) is 31.0 Å². The zero-order chi connectivity index (χ0) is 14.7. The van der Waals surface area contributed by atoms with Gasteiger partial charge < -0.3 is 20.7 Å². The topological polar surface area (TPSA) is 99.4 Å². The average molecular weight is 285 g/mol.